The van der Waals surface area contributed by atoms with Gasteiger partial charge in [0.15, 0.2) is 0 Å². The first-order valence-corrected chi connectivity index (χ1v) is 7.54. The standard InChI is InChI=1S/C17H22N2O/c1-11-3-5-15(7-12(11)2)17(20)19-18-10-16-9-13-4-6-14(16)8-13/h3,5,7,10,13-14,16H,4,6,8-9H2,1-2H3,(H,19,20). The van der Waals surface area contributed by atoms with Crippen molar-refractivity contribution < 1.29 is 4.79 Å². The molecule has 2 aliphatic carbocycles. The number of carbonyl (C=O) groups is 1. The molecule has 0 heterocycles. The third-order valence-electron chi connectivity index (χ3n) is 4.99. The highest BCUT2D eigenvalue weighted by Gasteiger charge is 2.38. The Morgan fingerprint density at radius 3 is 2.75 bits per heavy atom. The molecule has 1 amide bonds. The second-order valence-corrected chi connectivity index (χ2v) is 6.36. The van der Waals surface area contributed by atoms with Gasteiger partial charge < -0.3 is 0 Å². The molecule has 0 aromatic heterocycles. The van der Waals surface area contributed by atoms with E-state index in [0.29, 0.717) is 11.5 Å². The van der Waals surface area contributed by atoms with E-state index >= 15 is 0 Å². The van der Waals surface area contributed by atoms with E-state index in [2.05, 4.69) is 10.5 Å². The average molecular weight is 270 g/mol. The van der Waals surface area contributed by atoms with Gasteiger partial charge in [-0.05, 0) is 74.1 Å². The molecule has 3 unspecified atom stereocenters. The molecular formula is C17H22N2O. The van der Waals surface area contributed by atoms with Crippen molar-refractivity contribution in [3.05, 3.63) is 34.9 Å². The summed E-state index contributed by atoms with van der Waals surface area (Å²) in [4.78, 5) is 12.0. The molecule has 1 N–H and O–H groups in total. The molecule has 3 nitrogen and oxygen atoms in total. The molecule has 3 rings (SSSR count). The van der Waals surface area contributed by atoms with Crippen LogP contribution in [0.15, 0.2) is 23.3 Å². The van der Waals surface area contributed by atoms with Crippen LogP contribution in [-0.2, 0) is 0 Å². The maximum atomic E-state index is 12.0. The van der Waals surface area contributed by atoms with Crippen LogP contribution in [0, 0.1) is 31.6 Å². The van der Waals surface area contributed by atoms with E-state index in [1.165, 1.54) is 31.2 Å². The molecule has 2 aliphatic rings. The molecule has 3 heteroatoms. The van der Waals surface area contributed by atoms with E-state index in [1.54, 1.807) is 0 Å². The van der Waals surface area contributed by atoms with E-state index in [-0.39, 0.29) is 5.91 Å². The first-order chi connectivity index (χ1) is 9.63. The first kappa shape index (κ1) is 13.3. The maximum absolute atomic E-state index is 12.0. The summed E-state index contributed by atoms with van der Waals surface area (Å²) < 4.78 is 0. The van der Waals surface area contributed by atoms with Gasteiger partial charge in [0, 0.05) is 11.8 Å². The van der Waals surface area contributed by atoms with Crippen molar-refractivity contribution in [2.75, 3.05) is 0 Å². The van der Waals surface area contributed by atoms with Crippen molar-refractivity contribution in [2.45, 2.75) is 39.5 Å². The van der Waals surface area contributed by atoms with Crippen LogP contribution in [0.5, 0.6) is 0 Å². The lowest BCUT2D eigenvalue weighted by Gasteiger charge is -2.16. The molecular weight excluding hydrogens is 248 g/mol. The van der Waals surface area contributed by atoms with Gasteiger partial charge in [-0.25, -0.2) is 5.43 Å². The Kier molecular flexibility index (Phi) is 3.60. The fourth-order valence-corrected chi connectivity index (χ4v) is 3.62. The highest BCUT2D eigenvalue weighted by molar-refractivity contribution is 5.94. The number of hydrogen-bond donors (Lipinski definition) is 1. The summed E-state index contributed by atoms with van der Waals surface area (Å²) in [6, 6.07) is 5.74. The molecule has 2 bridgehead atoms. The summed E-state index contributed by atoms with van der Waals surface area (Å²) in [5, 5.41) is 4.18. The zero-order valence-electron chi connectivity index (χ0n) is 12.2. The van der Waals surface area contributed by atoms with Crippen LogP contribution in [0.2, 0.25) is 0 Å². The number of rotatable bonds is 3. The number of hydrogen-bond acceptors (Lipinski definition) is 2. The first-order valence-electron chi connectivity index (χ1n) is 7.54. The van der Waals surface area contributed by atoms with Crippen LogP contribution in [0.3, 0.4) is 0 Å². The number of aryl methyl sites for hydroxylation is 2. The summed E-state index contributed by atoms with van der Waals surface area (Å²) in [7, 11) is 0. The Labute approximate surface area is 120 Å². The molecule has 3 atom stereocenters. The number of benzene rings is 1. The molecule has 0 aliphatic heterocycles. The quantitative estimate of drug-likeness (QED) is 0.663. The van der Waals surface area contributed by atoms with Gasteiger partial charge in [0.25, 0.3) is 5.91 Å². The Balaban J connectivity index is 1.57. The highest BCUT2D eigenvalue weighted by Crippen LogP contribution is 2.47. The van der Waals surface area contributed by atoms with Crippen molar-refractivity contribution in [3.8, 4) is 0 Å². The zero-order valence-corrected chi connectivity index (χ0v) is 12.2. The minimum atomic E-state index is -0.118. The summed E-state index contributed by atoms with van der Waals surface area (Å²) in [6.07, 6.45) is 7.31. The third kappa shape index (κ3) is 2.62. The van der Waals surface area contributed by atoms with Gasteiger partial charge in [-0.1, -0.05) is 12.5 Å². The van der Waals surface area contributed by atoms with Crippen LogP contribution in [0.4, 0.5) is 0 Å². The van der Waals surface area contributed by atoms with Crippen LogP contribution in [-0.4, -0.2) is 12.1 Å². The van der Waals surface area contributed by atoms with Gasteiger partial charge in [0.2, 0.25) is 0 Å². The number of nitrogens with zero attached hydrogens (tertiary/aromatic N) is 1. The van der Waals surface area contributed by atoms with Gasteiger partial charge in [-0.15, -0.1) is 0 Å². The van der Waals surface area contributed by atoms with Crippen molar-refractivity contribution in [1.29, 1.82) is 0 Å². The van der Waals surface area contributed by atoms with Crippen LogP contribution in [0.1, 0.15) is 47.2 Å². The molecule has 20 heavy (non-hydrogen) atoms. The Morgan fingerprint density at radius 2 is 2.10 bits per heavy atom. The predicted octanol–water partition coefficient (Wildman–Crippen LogP) is 3.46. The minimum absolute atomic E-state index is 0.118. The van der Waals surface area contributed by atoms with Gasteiger partial charge in [-0.2, -0.15) is 5.10 Å². The molecule has 0 spiro atoms. The summed E-state index contributed by atoms with van der Waals surface area (Å²) in [5.74, 6) is 2.18. The monoisotopic (exact) mass is 270 g/mol. The van der Waals surface area contributed by atoms with E-state index in [0.717, 1.165) is 17.4 Å². The highest BCUT2D eigenvalue weighted by atomic mass is 16.2. The number of carbonyl (C=O) groups excluding carboxylic acids is 1. The Hall–Kier alpha value is -1.64. The number of nitrogens with one attached hydrogen (secondary N) is 1. The van der Waals surface area contributed by atoms with Gasteiger partial charge in [0.05, 0.1) is 0 Å². The van der Waals surface area contributed by atoms with Crippen molar-refractivity contribution >= 4 is 12.1 Å². The van der Waals surface area contributed by atoms with E-state index < -0.39 is 0 Å². The second-order valence-electron chi connectivity index (χ2n) is 6.36. The minimum Gasteiger partial charge on any atom is -0.267 e. The molecule has 1 aromatic carbocycles. The van der Waals surface area contributed by atoms with Crippen molar-refractivity contribution in [1.82, 2.24) is 5.43 Å². The fourth-order valence-electron chi connectivity index (χ4n) is 3.62. The third-order valence-corrected chi connectivity index (χ3v) is 4.99. The molecule has 2 fully saturated rings. The topological polar surface area (TPSA) is 41.5 Å². The Morgan fingerprint density at radius 1 is 1.25 bits per heavy atom. The smallest absolute Gasteiger partial charge is 0.267 e. The van der Waals surface area contributed by atoms with E-state index in [4.69, 9.17) is 0 Å². The zero-order chi connectivity index (χ0) is 14.1. The van der Waals surface area contributed by atoms with Crippen LogP contribution < -0.4 is 5.43 Å². The van der Waals surface area contributed by atoms with Gasteiger partial charge >= 0.3 is 0 Å². The summed E-state index contributed by atoms with van der Waals surface area (Å²) >= 11 is 0. The lowest BCUT2D eigenvalue weighted by Crippen LogP contribution is -2.20. The molecule has 2 saturated carbocycles. The number of amides is 1. The fraction of sp³-hybridized carbons (Fsp3) is 0.529. The van der Waals surface area contributed by atoms with Crippen LogP contribution in [0.25, 0.3) is 0 Å². The lowest BCUT2D eigenvalue weighted by atomic mass is 9.90. The van der Waals surface area contributed by atoms with E-state index in [9.17, 15) is 4.79 Å². The van der Waals surface area contributed by atoms with E-state index in [1.807, 2.05) is 38.3 Å². The van der Waals surface area contributed by atoms with Gasteiger partial charge in [0.1, 0.15) is 0 Å². The van der Waals surface area contributed by atoms with Gasteiger partial charge in [-0.3, -0.25) is 4.79 Å². The number of hydrazone groups is 1. The van der Waals surface area contributed by atoms with Crippen molar-refractivity contribution in [3.63, 3.8) is 0 Å². The molecule has 106 valence electrons. The maximum Gasteiger partial charge on any atom is 0.271 e. The SMILES string of the molecule is Cc1ccc(C(=O)NN=CC2CC3CCC2C3)cc1C. The Bertz CT molecular complexity index is 550. The molecule has 1 aromatic rings. The molecule has 0 saturated heterocycles. The largest absolute Gasteiger partial charge is 0.271 e. The second kappa shape index (κ2) is 5.39. The average Bonchev–Trinajstić information content (AvgIpc) is 3.04. The normalized spacial score (nSPS) is 28.2. The summed E-state index contributed by atoms with van der Waals surface area (Å²) in [5.41, 5.74) is 5.68. The number of fused-ring (bicyclic) bond motifs is 2. The van der Waals surface area contributed by atoms with Crippen molar-refractivity contribution in [2.24, 2.45) is 22.9 Å². The predicted molar refractivity (Wildman–Crippen MR) is 80.8 cm³/mol. The lowest BCUT2D eigenvalue weighted by molar-refractivity contribution is 0.0954. The van der Waals surface area contributed by atoms with Crippen LogP contribution >= 0.6 is 0 Å². The summed E-state index contributed by atoms with van der Waals surface area (Å²) in [6.45, 7) is 4.06. The molecule has 0 radical (unpaired) electrons.